The Hall–Kier alpha value is -2.41. The number of nitrogens with zero attached hydrogens (tertiary/aromatic N) is 4. The van der Waals surface area contributed by atoms with Gasteiger partial charge in [-0.05, 0) is 24.3 Å². The molecule has 0 radical (unpaired) electrons. The fourth-order valence-corrected chi connectivity index (χ4v) is 3.46. The van der Waals surface area contributed by atoms with Crippen LogP contribution in [0, 0.1) is 0 Å². The highest BCUT2D eigenvalue weighted by Crippen LogP contribution is 2.38. The summed E-state index contributed by atoms with van der Waals surface area (Å²) in [5.41, 5.74) is 2.39. The summed E-state index contributed by atoms with van der Waals surface area (Å²) < 4.78 is 7.78. The molecule has 1 atom stereocenters. The number of rotatable bonds is 2. The minimum Gasteiger partial charge on any atom is -0.361 e. The first-order valence-corrected chi connectivity index (χ1v) is 9.04. The SMILES string of the molecule is CN(C)C(=O)c1nc2n(n1)-c1ccc(Cl)cc1C(c1ccccc1Cl)OC2. The lowest BCUT2D eigenvalue weighted by atomic mass is 9.99. The number of hydrogen-bond donors (Lipinski definition) is 0. The van der Waals surface area contributed by atoms with E-state index in [0.29, 0.717) is 15.9 Å². The van der Waals surface area contributed by atoms with E-state index in [1.165, 1.54) is 4.90 Å². The monoisotopic (exact) mass is 402 g/mol. The van der Waals surface area contributed by atoms with E-state index < -0.39 is 6.10 Å². The highest BCUT2D eigenvalue weighted by molar-refractivity contribution is 6.31. The van der Waals surface area contributed by atoms with Crippen molar-refractivity contribution in [1.82, 2.24) is 19.7 Å². The first-order valence-electron chi connectivity index (χ1n) is 8.29. The minimum atomic E-state index is -0.427. The number of halogens is 2. The van der Waals surface area contributed by atoms with Gasteiger partial charge in [-0.1, -0.05) is 41.4 Å². The topological polar surface area (TPSA) is 60.2 Å². The molecule has 0 N–H and O–H groups in total. The lowest BCUT2D eigenvalue weighted by Gasteiger charge is -2.19. The van der Waals surface area contributed by atoms with E-state index in [1.54, 1.807) is 24.8 Å². The summed E-state index contributed by atoms with van der Waals surface area (Å²) in [5, 5.41) is 5.58. The molecule has 0 saturated heterocycles. The Morgan fingerprint density at radius 2 is 1.96 bits per heavy atom. The summed E-state index contributed by atoms with van der Waals surface area (Å²) in [5.74, 6) is 0.391. The molecule has 0 aliphatic carbocycles. The van der Waals surface area contributed by atoms with Gasteiger partial charge in [-0.25, -0.2) is 9.67 Å². The van der Waals surface area contributed by atoms with Crippen molar-refractivity contribution in [1.29, 1.82) is 0 Å². The Balaban J connectivity index is 1.88. The smallest absolute Gasteiger partial charge is 0.293 e. The maximum atomic E-state index is 12.3. The molecule has 1 amide bonds. The second kappa shape index (κ2) is 6.96. The highest BCUT2D eigenvalue weighted by atomic mass is 35.5. The standard InChI is InChI=1S/C19H16Cl2N4O2/c1-24(2)19(26)18-22-16-10-27-17(12-5-3-4-6-14(12)21)13-9-11(20)7-8-15(13)25(16)23-18/h3-9,17H,10H2,1-2H3. The zero-order valence-corrected chi connectivity index (χ0v) is 16.2. The van der Waals surface area contributed by atoms with Crippen molar-refractivity contribution in [3.63, 3.8) is 0 Å². The van der Waals surface area contributed by atoms with Crippen molar-refractivity contribution in [3.8, 4) is 5.69 Å². The Bertz CT molecular complexity index is 1030. The van der Waals surface area contributed by atoms with Gasteiger partial charge in [0.2, 0.25) is 5.82 Å². The maximum Gasteiger partial charge on any atom is 0.293 e. The van der Waals surface area contributed by atoms with Crippen molar-refractivity contribution in [3.05, 3.63) is 75.3 Å². The normalized spacial score (nSPS) is 15.6. The van der Waals surface area contributed by atoms with Crippen LogP contribution in [0.15, 0.2) is 42.5 Å². The van der Waals surface area contributed by atoms with E-state index in [4.69, 9.17) is 27.9 Å². The molecule has 1 aromatic heterocycles. The minimum absolute atomic E-state index is 0.121. The summed E-state index contributed by atoms with van der Waals surface area (Å²) in [6, 6.07) is 13.0. The lowest BCUT2D eigenvalue weighted by molar-refractivity contribution is 0.0655. The molecule has 1 unspecified atom stereocenters. The molecule has 0 spiro atoms. The fraction of sp³-hybridized carbons (Fsp3) is 0.211. The van der Waals surface area contributed by atoms with Gasteiger partial charge in [-0.3, -0.25) is 4.79 Å². The molecule has 0 saturated carbocycles. The van der Waals surface area contributed by atoms with E-state index in [1.807, 2.05) is 36.4 Å². The predicted molar refractivity (Wildman–Crippen MR) is 102 cm³/mol. The van der Waals surface area contributed by atoms with Crippen molar-refractivity contribution in [2.24, 2.45) is 0 Å². The van der Waals surface area contributed by atoms with Crippen LogP contribution in [0.25, 0.3) is 5.69 Å². The molecule has 138 valence electrons. The number of aromatic nitrogens is 3. The van der Waals surface area contributed by atoms with Gasteiger partial charge < -0.3 is 9.64 Å². The number of amides is 1. The first-order chi connectivity index (χ1) is 13.0. The van der Waals surface area contributed by atoms with Gasteiger partial charge in [0.1, 0.15) is 12.7 Å². The quantitative estimate of drug-likeness (QED) is 0.652. The van der Waals surface area contributed by atoms with E-state index in [0.717, 1.165) is 16.8 Å². The van der Waals surface area contributed by atoms with Gasteiger partial charge in [0, 0.05) is 35.3 Å². The average molecular weight is 403 g/mol. The molecular formula is C19H16Cl2N4O2. The molecule has 1 aliphatic rings. The van der Waals surface area contributed by atoms with Crippen molar-refractivity contribution >= 4 is 29.1 Å². The molecule has 1 aliphatic heterocycles. The predicted octanol–water partition coefficient (Wildman–Crippen LogP) is 3.90. The molecular weight excluding hydrogens is 387 g/mol. The number of ether oxygens (including phenoxy) is 1. The van der Waals surface area contributed by atoms with Gasteiger partial charge in [-0.2, -0.15) is 0 Å². The summed E-state index contributed by atoms with van der Waals surface area (Å²) in [7, 11) is 3.32. The molecule has 0 fully saturated rings. The third-order valence-corrected chi connectivity index (χ3v) is 4.92. The molecule has 4 rings (SSSR count). The first kappa shape index (κ1) is 18.0. The van der Waals surface area contributed by atoms with Crippen LogP contribution < -0.4 is 0 Å². The van der Waals surface area contributed by atoms with Crippen LogP contribution >= 0.6 is 23.2 Å². The largest absolute Gasteiger partial charge is 0.361 e. The van der Waals surface area contributed by atoms with Crippen molar-refractivity contribution < 1.29 is 9.53 Å². The Morgan fingerprint density at radius 3 is 2.70 bits per heavy atom. The van der Waals surface area contributed by atoms with E-state index in [9.17, 15) is 4.79 Å². The van der Waals surface area contributed by atoms with Crippen LogP contribution in [-0.4, -0.2) is 39.7 Å². The van der Waals surface area contributed by atoms with E-state index in [-0.39, 0.29) is 18.3 Å². The van der Waals surface area contributed by atoms with E-state index >= 15 is 0 Å². The van der Waals surface area contributed by atoms with Crippen molar-refractivity contribution in [2.75, 3.05) is 14.1 Å². The third-order valence-electron chi connectivity index (χ3n) is 4.34. The van der Waals surface area contributed by atoms with Gasteiger partial charge in [0.05, 0.1) is 5.69 Å². The van der Waals surface area contributed by atoms with Crippen molar-refractivity contribution in [2.45, 2.75) is 12.7 Å². The summed E-state index contributed by atoms with van der Waals surface area (Å²) in [4.78, 5) is 18.1. The Kier molecular flexibility index (Phi) is 4.63. The van der Waals surface area contributed by atoms with Crippen LogP contribution in [0.2, 0.25) is 10.0 Å². The van der Waals surface area contributed by atoms with E-state index in [2.05, 4.69) is 10.1 Å². The van der Waals surface area contributed by atoms with Crippen LogP contribution in [0.4, 0.5) is 0 Å². The van der Waals surface area contributed by atoms with Gasteiger partial charge in [0.25, 0.3) is 5.91 Å². The molecule has 3 aromatic rings. The number of fused-ring (bicyclic) bond motifs is 3. The number of carbonyl (C=O) groups is 1. The maximum absolute atomic E-state index is 12.3. The van der Waals surface area contributed by atoms with Gasteiger partial charge in [0.15, 0.2) is 5.82 Å². The average Bonchev–Trinajstić information content (AvgIpc) is 3.00. The Morgan fingerprint density at radius 1 is 1.19 bits per heavy atom. The second-order valence-corrected chi connectivity index (χ2v) is 7.22. The number of carbonyl (C=O) groups excluding carboxylic acids is 1. The fourth-order valence-electron chi connectivity index (χ4n) is 3.04. The number of hydrogen-bond acceptors (Lipinski definition) is 4. The zero-order valence-electron chi connectivity index (χ0n) is 14.7. The summed E-state index contributed by atoms with van der Waals surface area (Å²) in [6.07, 6.45) is -0.427. The highest BCUT2D eigenvalue weighted by Gasteiger charge is 2.29. The molecule has 0 bridgehead atoms. The summed E-state index contributed by atoms with van der Waals surface area (Å²) in [6.45, 7) is 0.176. The van der Waals surface area contributed by atoms with Gasteiger partial charge in [-0.15, -0.1) is 5.10 Å². The number of benzene rings is 2. The van der Waals surface area contributed by atoms with Crippen LogP contribution in [0.3, 0.4) is 0 Å². The molecule has 2 heterocycles. The third kappa shape index (κ3) is 3.20. The second-order valence-electron chi connectivity index (χ2n) is 6.38. The summed E-state index contributed by atoms with van der Waals surface area (Å²) >= 11 is 12.7. The van der Waals surface area contributed by atoms with Crippen LogP contribution in [0.1, 0.15) is 33.7 Å². The molecule has 2 aromatic carbocycles. The van der Waals surface area contributed by atoms with Crippen LogP contribution in [0.5, 0.6) is 0 Å². The van der Waals surface area contributed by atoms with Gasteiger partial charge >= 0.3 is 0 Å². The van der Waals surface area contributed by atoms with Crippen LogP contribution in [-0.2, 0) is 11.3 Å². The zero-order chi connectivity index (χ0) is 19.1. The Labute approximate surface area is 166 Å². The lowest BCUT2D eigenvalue weighted by Crippen LogP contribution is -2.23. The molecule has 27 heavy (non-hydrogen) atoms. The molecule has 6 nitrogen and oxygen atoms in total. The molecule has 8 heteroatoms.